The molecule has 0 heterocycles. The fraction of sp³-hybridized carbons (Fsp3) is 0.500. The van der Waals surface area contributed by atoms with Crippen molar-refractivity contribution in [3.63, 3.8) is 0 Å². The summed E-state index contributed by atoms with van der Waals surface area (Å²) < 4.78 is 13.4. The summed E-state index contributed by atoms with van der Waals surface area (Å²) in [7, 11) is 0. The summed E-state index contributed by atoms with van der Waals surface area (Å²) in [4.78, 5) is 11.9. The van der Waals surface area contributed by atoms with Gasteiger partial charge in [0.2, 0.25) is 0 Å². The first-order valence-corrected chi connectivity index (χ1v) is 6.29. The van der Waals surface area contributed by atoms with E-state index in [1.807, 2.05) is 0 Å². The van der Waals surface area contributed by atoms with E-state index in [0.717, 1.165) is 12.3 Å². The topological polar surface area (TPSA) is 29.1 Å². The SMILES string of the molecule is O=C(N[C@H]1C[C@@H]2CC[C@@H]1C2)c1ccccc1F. The lowest BCUT2D eigenvalue weighted by atomic mass is 9.95. The maximum Gasteiger partial charge on any atom is 0.254 e. The van der Waals surface area contributed by atoms with Gasteiger partial charge in [0.05, 0.1) is 5.56 Å². The average Bonchev–Trinajstić information content (AvgIpc) is 2.91. The molecule has 0 spiro atoms. The predicted octanol–water partition coefficient (Wildman–Crippen LogP) is 2.74. The first-order valence-electron chi connectivity index (χ1n) is 6.29. The third-order valence-corrected chi connectivity index (χ3v) is 4.17. The quantitative estimate of drug-likeness (QED) is 0.836. The van der Waals surface area contributed by atoms with E-state index in [-0.39, 0.29) is 17.5 Å². The van der Waals surface area contributed by atoms with Crippen LogP contribution in [0.1, 0.15) is 36.0 Å². The van der Waals surface area contributed by atoms with E-state index in [9.17, 15) is 9.18 Å². The van der Waals surface area contributed by atoms with Gasteiger partial charge in [-0.25, -0.2) is 4.39 Å². The van der Waals surface area contributed by atoms with Crippen LogP contribution in [0.4, 0.5) is 4.39 Å². The molecule has 0 radical (unpaired) electrons. The van der Waals surface area contributed by atoms with Crippen molar-refractivity contribution < 1.29 is 9.18 Å². The van der Waals surface area contributed by atoms with Gasteiger partial charge in [-0.2, -0.15) is 0 Å². The van der Waals surface area contributed by atoms with Gasteiger partial charge < -0.3 is 5.32 Å². The number of halogens is 1. The van der Waals surface area contributed by atoms with Crippen molar-refractivity contribution in [1.29, 1.82) is 0 Å². The Morgan fingerprint density at radius 3 is 2.71 bits per heavy atom. The van der Waals surface area contributed by atoms with Gasteiger partial charge in [-0.05, 0) is 43.2 Å². The molecular formula is C14H16FNO. The molecule has 2 saturated carbocycles. The molecule has 2 nitrogen and oxygen atoms in total. The fourth-order valence-corrected chi connectivity index (χ4v) is 3.31. The molecule has 17 heavy (non-hydrogen) atoms. The van der Waals surface area contributed by atoms with E-state index in [1.165, 1.54) is 31.4 Å². The minimum atomic E-state index is -0.437. The summed E-state index contributed by atoms with van der Waals surface area (Å²) in [6.45, 7) is 0. The van der Waals surface area contributed by atoms with E-state index in [0.29, 0.717) is 5.92 Å². The van der Waals surface area contributed by atoms with Crippen molar-refractivity contribution in [3.8, 4) is 0 Å². The van der Waals surface area contributed by atoms with Crippen LogP contribution in [0.3, 0.4) is 0 Å². The number of fused-ring (bicyclic) bond motifs is 2. The largest absolute Gasteiger partial charge is 0.349 e. The van der Waals surface area contributed by atoms with Gasteiger partial charge in [-0.1, -0.05) is 18.6 Å². The van der Waals surface area contributed by atoms with Crippen molar-refractivity contribution in [1.82, 2.24) is 5.32 Å². The summed E-state index contributed by atoms with van der Waals surface area (Å²) in [6, 6.07) is 6.43. The highest BCUT2D eigenvalue weighted by Crippen LogP contribution is 2.44. The van der Waals surface area contributed by atoms with Crippen molar-refractivity contribution in [2.45, 2.75) is 31.7 Å². The molecule has 3 rings (SSSR count). The van der Waals surface area contributed by atoms with Gasteiger partial charge in [0, 0.05) is 6.04 Å². The second kappa shape index (κ2) is 4.13. The second-order valence-electron chi connectivity index (χ2n) is 5.23. The molecule has 2 aliphatic carbocycles. The van der Waals surface area contributed by atoms with E-state index >= 15 is 0 Å². The van der Waals surface area contributed by atoms with Crippen LogP contribution in [-0.2, 0) is 0 Å². The monoisotopic (exact) mass is 233 g/mol. The van der Waals surface area contributed by atoms with Crippen LogP contribution in [0.15, 0.2) is 24.3 Å². The lowest BCUT2D eigenvalue weighted by Gasteiger charge is -2.22. The third kappa shape index (κ3) is 1.94. The molecule has 0 aliphatic heterocycles. The van der Waals surface area contributed by atoms with E-state index in [2.05, 4.69) is 5.32 Å². The number of amides is 1. The maximum atomic E-state index is 13.4. The molecule has 0 aromatic heterocycles. The van der Waals surface area contributed by atoms with Crippen LogP contribution in [0, 0.1) is 17.7 Å². The van der Waals surface area contributed by atoms with Crippen LogP contribution in [-0.4, -0.2) is 11.9 Å². The minimum absolute atomic E-state index is 0.162. The molecule has 3 heteroatoms. The van der Waals surface area contributed by atoms with Crippen molar-refractivity contribution in [2.24, 2.45) is 11.8 Å². The molecule has 1 aromatic rings. The molecule has 3 atom stereocenters. The maximum absolute atomic E-state index is 13.4. The van der Waals surface area contributed by atoms with Crippen molar-refractivity contribution in [3.05, 3.63) is 35.6 Å². The van der Waals surface area contributed by atoms with Gasteiger partial charge >= 0.3 is 0 Å². The van der Waals surface area contributed by atoms with Gasteiger partial charge in [0.1, 0.15) is 5.82 Å². The number of rotatable bonds is 2. The zero-order valence-corrected chi connectivity index (χ0v) is 9.66. The highest BCUT2D eigenvalue weighted by atomic mass is 19.1. The van der Waals surface area contributed by atoms with Crippen molar-refractivity contribution in [2.75, 3.05) is 0 Å². The minimum Gasteiger partial charge on any atom is -0.349 e. The Bertz CT molecular complexity index is 446. The normalized spacial score (nSPS) is 30.5. The number of hydrogen-bond donors (Lipinski definition) is 1. The summed E-state index contributed by atoms with van der Waals surface area (Å²) in [6.07, 6.45) is 4.83. The molecule has 2 fully saturated rings. The summed E-state index contributed by atoms with van der Waals surface area (Å²) >= 11 is 0. The fourth-order valence-electron chi connectivity index (χ4n) is 3.31. The molecule has 1 aromatic carbocycles. The van der Waals surface area contributed by atoms with Gasteiger partial charge in [0.25, 0.3) is 5.91 Å². The Labute approximate surface area is 100 Å². The van der Waals surface area contributed by atoms with Crippen LogP contribution in [0.25, 0.3) is 0 Å². The Kier molecular flexibility index (Phi) is 2.61. The smallest absolute Gasteiger partial charge is 0.254 e. The highest BCUT2D eigenvalue weighted by molar-refractivity contribution is 5.94. The summed E-state index contributed by atoms with van der Waals surface area (Å²) in [5.74, 6) is 0.704. The highest BCUT2D eigenvalue weighted by Gasteiger charge is 2.40. The summed E-state index contributed by atoms with van der Waals surface area (Å²) in [5.41, 5.74) is 0.162. The van der Waals surface area contributed by atoms with Gasteiger partial charge in [-0.15, -0.1) is 0 Å². The average molecular weight is 233 g/mol. The molecular weight excluding hydrogens is 217 g/mol. The lowest BCUT2D eigenvalue weighted by Crippen LogP contribution is -2.38. The van der Waals surface area contributed by atoms with E-state index in [4.69, 9.17) is 0 Å². The van der Waals surface area contributed by atoms with E-state index in [1.54, 1.807) is 12.1 Å². The first-order chi connectivity index (χ1) is 8.24. The van der Waals surface area contributed by atoms with Gasteiger partial charge in [0.15, 0.2) is 0 Å². The zero-order valence-electron chi connectivity index (χ0n) is 9.66. The lowest BCUT2D eigenvalue weighted by molar-refractivity contribution is 0.0919. The van der Waals surface area contributed by atoms with Crippen LogP contribution >= 0.6 is 0 Å². The zero-order chi connectivity index (χ0) is 11.8. The van der Waals surface area contributed by atoms with Gasteiger partial charge in [-0.3, -0.25) is 4.79 Å². The predicted molar refractivity (Wildman–Crippen MR) is 63.1 cm³/mol. The number of hydrogen-bond acceptors (Lipinski definition) is 1. The summed E-state index contributed by atoms with van der Waals surface area (Å²) in [5, 5.41) is 2.99. The van der Waals surface area contributed by atoms with Crippen LogP contribution in [0.2, 0.25) is 0 Å². The Balaban J connectivity index is 1.70. The second-order valence-corrected chi connectivity index (χ2v) is 5.23. The third-order valence-electron chi connectivity index (χ3n) is 4.17. The standard InChI is InChI=1S/C14H16FNO/c15-12-4-2-1-3-11(12)14(17)16-13-8-9-5-6-10(13)7-9/h1-4,9-10,13H,5-8H2,(H,16,17)/t9-,10-,13+/m1/s1. The molecule has 2 aliphatic rings. The number of benzene rings is 1. The molecule has 0 saturated heterocycles. The number of carbonyl (C=O) groups is 1. The Morgan fingerprint density at radius 1 is 1.24 bits per heavy atom. The molecule has 90 valence electrons. The Hall–Kier alpha value is -1.38. The molecule has 1 N–H and O–H groups in total. The van der Waals surface area contributed by atoms with Crippen molar-refractivity contribution >= 4 is 5.91 Å². The molecule has 1 amide bonds. The Morgan fingerprint density at radius 2 is 2.06 bits per heavy atom. The molecule has 0 unspecified atom stereocenters. The first kappa shape index (κ1) is 10.8. The number of nitrogens with one attached hydrogen (secondary N) is 1. The molecule has 2 bridgehead atoms. The number of carbonyl (C=O) groups excluding carboxylic acids is 1. The van der Waals surface area contributed by atoms with Crippen LogP contribution < -0.4 is 5.32 Å². The van der Waals surface area contributed by atoms with Crippen LogP contribution in [0.5, 0.6) is 0 Å². The van der Waals surface area contributed by atoms with E-state index < -0.39 is 5.82 Å².